The average molecular weight is 396 g/mol. The van der Waals surface area contributed by atoms with Crippen LogP contribution < -0.4 is 14.8 Å². The van der Waals surface area contributed by atoms with Gasteiger partial charge in [0.2, 0.25) is 0 Å². The van der Waals surface area contributed by atoms with Gasteiger partial charge in [-0.1, -0.05) is 59.6 Å². The number of nitrogens with one attached hydrogen (secondary N) is 1. The van der Waals surface area contributed by atoms with Gasteiger partial charge in [-0.25, -0.2) is 0 Å². The van der Waals surface area contributed by atoms with E-state index in [1.54, 1.807) is 18.2 Å². The Kier molecular flexibility index (Phi) is 6.93. The fraction of sp³-hybridized carbons (Fsp3) is 0.174. The molecule has 0 aliphatic carbocycles. The smallest absolute Gasteiger partial charge is 0.255 e. The molecular formula is C23H22ClNO3. The van der Waals surface area contributed by atoms with Gasteiger partial charge in [-0.15, -0.1) is 0 Å². The minimum absolute atomic E-state index is 0.252. The molecule has 0 aliphatic heterocycles. The number of benzene rings is 3. The number of amides is 1. The molecule has 144 valence electrons. The Morgan fingerprint density at radius 1 is 0.964 bits per heavy atom. The molecule has 0 unspecified atom stereocenters. The summed E-state index contributed by atoms with van der Waals surface area (Å²) in [5.41, 5.74) is 2.60. The number of hydrogen-bond acceptors (Lipinski definition) is 3. The van der Waals surface area contributed by atoms with Gasteiger partial charge >= 0.3 is 0 Å². The van der Waals surface area contributed by atoms with Crippen LogP contribution in [-0.2, 0) is 6.61 Å². The standard InChI is InChI=1S/C23H22ClNO3/c1-17-7-10-20(11-8-17)27-14-13-25-23(26)21-15-19(24)9-12-22(21)28-16-18-5-3-2-4-6-18/h2-12,15H,13-14,16H2,1H3,(H,25,26). The first-order valence-corrected chi connectivity index (χ1v) is 9.43. The molecule has 0 bridgehead atoms. The van der Waals surface area contributed by atoms with Crippen molar-refractivity contribution in [1.82, 2.24) is 5.32 Å². The lowest BCUT2D eigenvalue weighted by Gasteiger charge is -2.13. The maximum atomic E-state index is 12.6. The Morgan fingerprint density at radius 3 is 2.46 bits per heavy atom. The highest BCUT2D eigenvalue weighted by molar-refractivity contribution is 6.31. The van der Waals surface area contributed by atoms with Crippen molar-refractivity contribution in [2.45, 2.75) is 13.5 Å². The van der Waals surface area contributed by atoms with Crippen molar-refractivity contribution in [3.05, 3.63) is 94.5 Å². The van der Waals surface area contributed by atoms with Crippen LogP contribution in [0.4, 0.5) is 0 Å². The Labute approximate surface area is 170 Å². The van der Waals surface area contributed by atoms with E-state index in [1.165, 1.54) is 5.56 Å². The van der Waals surface area contributed by atoms with E-state index in [9.17, 15) is 4.79 Å². The summed E-state index contributed by atoms with van der Waals surface area (Å²) >= 11 is 6.07. The second kappa shape index (κ2) is 9.81. The van der Waals surface area contributed by atoms with Crippen molar-refractivity contribution < 1.29 is 14.3 Å². The molecule has 0 saturated heterocycles. The van der Waals surface area contributed by atoms with E-state index in [4.69, 9.17) is 21.1 Å². The zero-order valence-electron chi connectivity index (χ0n) is 15.7. The summed E-state index contributed by atoms with van der Waals surface area (Å²) in [5.74, 6) is 1.01. The predicted octanol–water partition coefficient (Wildman–Crippen LogP) is 5.04. The van der Waals surface area contributed by atoms with E-state index in [1.807, 2.05) is 61.5 Å². The molecule has 1 amide bonds. The number of carbonyl (C=O) groups excluding carboxylic acids is 1. The van der Waals surface area contributed by atoms with Gasteiger partial charge in [0.25, 0.3) is 5.91 Å². The molecule has 4 nitrogen and oxygen atoms in total. The molecule has 0 aromatic heterocycles. The Balaban J connectivity index is 1.56. The molecule has 5 heteroatoms. The monoisotopic (exact) mass is 395 g/mol. The fourth-order valence-electron chi connectivity index (χ4n) is 2.60. The molecule has 0 atom stereocenters. The maximum Gasteiger partial charge on any atom is 0.255 e. The lowest BCUT2D eigenvalue weighted by molar-refractivity contribution is 0.0942. The van der Waals surface area contributed by atoms with Crippen molar-refractivity contribution in [3.8, 4) is 11.5 Å². The van der Waals surface area contributed by atoms with Crippen LogP contribution in [-0.4, -0.2) is 19.1 Å². The third-order valence-electron chi connectivity index (χ3n) is 4.10. The molecule has 0 heterocycles. The van der Waals surface area contributed by atoms with Crippen LogP contribution in [0.25, 0.3) is 0 Å². The van der Waals surface area contributed by atoms with Gasteiger partial charge in [0.1, 0.15) is 24.7 Å². The Hall–Kier alpha value is -2.98. The van der Waals surface area contributed by atoms with Crippen LogP contribution in [0.5, 0.6) is 11.5 Å². The van der Waals surface area contributed by atoms with E-state index in [0.717, 1.165) is 11.3 Å². The first-order valence-electron chi connectivity index (χ1n) is 9.06. The van der Waals surface area contributed by atoms with Gasteiger partial charge in [0.05, 0.1) is 12.1 Å². The summed E-state index contributed by atoms with van der Waals surface area (Å²) in [6.07, 6.45) is 0. The van der Waals surface area contributed by atoms with Crippen LogP contribution in [0, 0.1) is 6.92 Å². The van der Waals surface area contributed by atoms with Gasteiger partial charge in [-0.3, -0.25) is 4.79 Å². The van der Waals surface area contributed by atoms with Crippen LogP contribution in [0.2, 0.25) is 5.02 Å². The molecule has 0 aliphatic rings. The number of carbonyl (C=O) groups is 1. The normalized spacial score (nSPS) is 10.4. The predicted molar refractivity (Wildman–Crippen MR) is 111 cm³/mol. The topological polar surface area (TPSA) is 47.6 Å². The van der Waals surface area contributed by atoms with Crippen molar-refractivity contribution in [3.63, 3.8) is 0 Å². The summed E-state index contributed by atoms with van der Waals surface area (Å²) in [5, 5.41) is 3.32. The van der Waals surface area contributed by atoms with Gasteiger partial charge in [-0.05, 0) is 42.8 Å². The SMILES string of the molecule is Cc1ccc(OCCNC(=O)c2cc(Cl)ccc2OCc2ccccc2)cc1. The van der Waals surface area contributed by atoms with E-state index < -0.39 is 0 Å². The highest BCUT2D eigenvalue weighted by Crippen LogP contribution is 2.24. The zero-order chi connectivity index (χ0) is 19.8. The molecule has 0 saturated carbocycles. The second-order valence-electron chi connectivity index (χ2n) is 6.33. The fourth-order valence-corrected chi connectivity index (χ4v) is 2.78. The van der Waals surface area contributed by atoms with Crippen LogP contribution >= 0.6 is 11.6 Å². The van der Waals surface area contributed by atoms with Crippen molar-refractivity contribution in [2.24, 2.45) is 0 Å². The summed E-state index contributed by atoms with van der Waals surface area (Å²) < 4.78 is 11.5. The first kappa shape index (κ1) is 19.8. The average Bonchev–Trinajstić information content (AvgIpc) is 2.72. The molecule has 0 radical (unpaired) electrons. The van der Waals surface area contributed by atoms with E-state index >= 15 is 0 Å². The molecular weight excluding hydrogens is 374 g/mol. The Morgan fingerprint density at radius 2 is 1.71 bits per heavy atom. The number of hydrogen-bond donors (Lipinski definition) is 1. The van der Waals surface area contributed by atoms with Gasteiger partial charge in [-0.2, -0.15) is 0 Å². The molecule has 0 fully saturated rings. The third-order valence-corrected chi connectivity index (χ3v) is 4.34. The van der Waals surface area contributed by atoms with Crippen LogP contribution in [0.3, 0.4) is 0 Å². The molecule has 0 spiro atoms. The molecule has 28 heavy (non-hydrogen) atoms. The van der Waals surface area contributed by atoms with E-state index in [-0.39, 0.29) is 5.91 Å². The Bertz CT molecular complexity index is 911. The number of rotatable bonds is 8. The van der Waals surface area contributed by atoms with Gasteiger partial charge < -0.3 is 14.8 Å². The van der Waals surface area contributed by atoms with E-state index in [2.05, 4.69) is 5.32 Å². The summed E-state index contributed by atoms with van der Waals surface area (Å²) in [4.78, 5) is 12.6. The molecule has 3 aromatic rings. The minimum atomic E-state index is -0.252. The highest BCUT2D eigenvalue weighted by atomic mass is 35.5. The lowest BCUT2D eigenvalue weighted by Crippen LogP contribution is -2.28. The quantitative estimate of drug-likeness (QED) is 0.544. The van der Waals surface area contributed by atoms with Crippen LogP contribution in [0.1, 0.15) is 21.5 Å². The number of aryl methyl sites for hydroxylation is 1. The number of ether oxygens (including phenoxy) is 2. The first-order chi connectivity index (χ1) is 13.6. The molecule has 1 N–H and O–H groups in total. The van der Waals surface area contributed by atoms with Crippen molar-refractivity contribution >= 4 is 17.5 Å². The maximum absolute atomic E-state index is 12.6. The zero-order valence-corrected chi connectivity index (χ0v) is 16.4. The van der Waals surface area contributed by atoms with Crippen molar-refractivity contribution in [1.29, 1.82) is 0 Å². The van der Waals surface area contributed by atoms with Crippen molar-refractivity contribution in [2.75, 3.05) is 13.2 Å². The molecule has 3 aromatic carbocycles. The largest absolute Gasteiger partial charge is 0.492 e. The van der Waals surface area contributed by atoms with Gasteiger partial charge in [0, 0.05) is 5.02 Å². The summed E-state index contributed by atoms with van der Waals surface area (Å²) in [6, 6.07) is 22.6. The van der Waals surface area contributed by atoms with Gasteiger partial charge in [0.15, 0.2) is 0 Å². The summed E-state index contributed by atoms with van der Waals surface area (Å²) in [7, 11) is 0. The van der Waals surface area contributed by atoms with E-state index in [0.29, 0.717) is 36.1 Å². The lowest BCUT2D eigenvalue weighted by atomic mass is 10.2. The number of halogens is 1. The molecule has 3 rings (SSSR count). The highest BCUT2D eigenvalue weighted by Gasteiger charge is 2.13. The summed E-state index contributed by atoms with van der Waals surface area (Å²) in [6.45, 7) is 3.14. The minimum Gasteiger partial charge on any atom is -0.492 e. The third kappa shape index (κ3) is 5.76. The van der Waals surface area contributed by atoms with Crippen LogP contribution in [0.15, 0.2) is 72.8 Å². The second-order valence-corrected chi connectivity index (χ2v) is 6.77.